The third-order valence-electron chi connectivity index (χ3n) is 3.97. The average Bonchev–Trinajstić information content (AvgIpc) is 2.69. The molecular formula is C21H19NO4. The molecule has 0 atom stereocenters. The molecule has 26 heavy (non-hydrogen) atoms. The number of hydrogen-bond donors (Lipinski definition) is 2. The average molecular weight is 349 g/mol. The van der Waals surface area contributed by atoms with Crippen molar-refractivity contribution in [1.29, 1.82) is 0 Å². The van der Waals surface area contributed by atoms with Crippen molar-refractivity contribution >= 4 is 11.6 Å². The Hall–Kier alpha value is -3.47. The predicted octanol–water partition coefficient (Wildman–Crippen LogP) is 4.33. The second kappa shape index (κ2) is 7.61. The number of phenols is 1. The van der Waals surface area contributed by atoms with E-state index in [-0.39, 0.29) is 11.7 Å². The molecule has 0 aromatic heterocycles. The van der Waals surface area contributed by atoms with Gasteiger partial charge in [-0.1, -0.05) is 12.1 Å². The summed E-state index contributed by atoms with van der Waals surface area (Å²) >= 11 is 0. The van der Waals surface area contributed by atoms with Gasteiger partial charge in [0.25, 0.3) is 5.91 Å². The van der Waals surface area contributed by atoms with Gasteiger partial charge in [-0.3, -0.25) is 4.79 Å². The molecule has 0 aliphatic carbocycles. The van der Waals surface area contributed by atoms with Crippen molar-refractivity contribution < 1.29 is 19.4 Å². The van der Waals surface area contributed by atoms with E-state index in [4.69, 9.17) is 9.47 Å². The minimum atomic E-state index is -0.248. The highest BCUT2D eigenvalue weighted by Gasteiger charge is 2.13. The number of carbonyl (C=O) groups is 1. The monoisotopic (exact) mass is 349 g/mol. The van der Waals surface area contributed by atoms with Gasteiger partial charge in [-0.25, -0.2) is 0 Å². The van der Waals surface area contributed by atoms with Crippen molar-refractivity contribution in [2.75, 3.05) is 19.5 Å². The molecule has 3 aromatic carbocycles. The number of methoxy groups -OCH3 is 2. The Morgan fingerprint density at radius 3 is 2.38 bits per heavy atom. The van der Waals surface area contributed by atoms with Crippen molar-refractivity contribution in [3.05, 3.63) is 72.3 Å². The van der Waals surface area contributed by atoms with Crippen LogP contribution in [0.5, 0.6) is 17.2 Å². The number of rotatable bonds is 5. The van der Waals surface area contributed by atoms with Crippen LogP contribution in [0.25, 0.3) is 11.1 Å². The number of aromatic hydroxyl groups is 1. The molecule has 0 heterocycles. The molecule has 2 N–H and O–H groups in total. The highest BCUT2D eigenvalue weighted by Crippen LogP contribution is 2.33. The van der Waals surface area contributed by atoms with E-state index < -0.39 is 0 Å². The second-order valence-corrected chi connectivity index (χ2v) is 5.65. The van der Waals surface area contributed by atoms with E-state index in [0.29, 0.717) is 17.0 Å². The number of phenolic OH excluding ortho intramolecular Hbond substituents is 1. The summed E-state index contributed by atoms with van der Waals surface area (Å²) in [4.78, 5) is 12.6. The summed E-state index contributed by atoms with van der Waals surface area (Å²) in [6, 6.07) is 19.1. The summed E-state index contributed by atoms with van der Waals surface area (Å²) in [5, 5.41) is 12.1. The Labute approximate surface area is 151 Å². The number of ether oxygens (including phenoxy) is 2. The SMILES string of the molecule is COc1cccc(-c2cc(C(=O)Nc3ccc(O)cc3)ccc2OC)c1. The van der Waals surface area contributed by atoms with Gasteiger partial charge in [-0.2, -0.15) is 0 Å². The summed E-state index contributed by atoms with van der Waals surface area (Å²) in [6.07, 6.45) is 0. The summed E-state index contributed by atoms with van der Waals surface area (Å²) in [7, 11) is 3.20. The van der Waals surface area contributed by atoms with Gasteiger partial charge in [0.1, 0.15) is 17.2 Å². The Balaban J connectivity index is 1.93. The van der Waals surface area contributed by atoms with Crippen LogP contribution in [0.4, 0.5) is 5.69 Å². The fourth-order valence-electron chi connectivity index (χ4n) is 2.61. The van der Waals surface area contributed by atoms with E-state index >= 15 is 0 Å². The quantitative estimate of drug-likeness (QED) is 0.673. The highest BCUT2D eigenvalue weighted by molar-refractivity contribution is 6.05. The van der Waals surface area contributed by atoms with Crippen molar-refractivity contribution in [1.82, 2.24) is 0 Å². The maximum atomic E-state index is 12.6. The maximum absolute atomic E-state index is 12.6. The van der Waals surface area contributed by atoms with Crippen LogP contribution >= 0.6 is 0 Å². The van der Waals surface area contributed by atoms with Crippen molar-refractivity contribution in [2.24, 2.45) is 0 Å². The van der Waals surface area contributed by atoms with E-state index in [1.165, 1.54) is 12.1 Å². The van der Waals surface area contributed by atoms with Crippen LogP contribution in [-0.4, -0.2) is 25.2 Å². The lowest BCUT2D eigenvalue weighted by Gasteiger charge is -2.12. The number of anilines is 1. The number of hydrogen-bond acceptors (Lipinski definition) is 4. The fraction of sp³-hybridized carbons (Fsp3) is 0.0952. The Bertz CT molecular complexity index is 920. The number of amides is 1. The smallest absolute Gasteiger partial charge is 0.255 e. The zero-order valence-electron chi connectivity index (χ0n) is 14.5. The summed E-state index contributed by atoms with van der Waals surface area (Å²) in [6.45, 7) is 0. The van der Waals surface area contributed by atoms with Gasteiger partial charge in [-0.05, 0) is 60.2 Å². The van der Waals surface area contributed by atoms with Crippen LogP contribution in [-0.2, 0) is 0 Å². The van der Waals surface area contributed by atoms with Gasteiger partial charge in [0.05, 0.1) is 14.2 Å². The van der Waals surface area contributed by atoms with Crippen LogP contribution in [0.1, 0.15) is 10.4 Å². The molecule has 3 aromatic rings. The van der Waals surface area contributed by atoms with Gasteiger partial charge in [0.15, 0.2) is 0 Å². The lowest BCUT2D eigenvalue weighted by molar-refractivity contribution is 0.102. The topological polar surface area (TPSA) is 67.8 Å². The molecule has 0 unspecified atom stereocenters. The third kappa shape index (κ3) is 3.78. The third-order valence-corrected chi connectivity index (χ3v) is 3.97. The Morgan fingerprint density at radius 1 is 0.923 bits per heavy atom. The van der Waals surface area contributed by atoms with E-state index in [1.54, 1.807) is 44.6 Å². The first-order chi connectivity index (χ1) is 12.6. The van der Waals surface area contributed by atoms with Crippen LogP contribution in [0, 0.1) is 0 Å². The van der Waals surface area contributed by atoms with Gasteiger partial charge in [0, 0.05) is 16.8 Å². The van der Waals surface area contributed by atoms with Gasteiger partial charge < -0.3 is 19.9 Å². The molecule has 0 spiro atoms. The van der Waals surface area contributed by atoms with E-state index in [9.17, 15) is 9.90 Å². The zero-order chi connectivity index (χ0) is 18.5. The van der Waals surface area contributed by atoms with Gasteiger partial charge in [-0.15, -0.1) is 0 Å². The molecule has 3 rings (SSSR count). The first-order valence-corrected chi connectivity index (χ1v) is 8.03. The minimum absolute atomic E-state index is 0.146. The van der Waals surface area contributed by atoms with Crippen LogP contribution < -0.4 is 14.8 Å². The zero-order valence-corrected chi connectivity index (χ0v) is 14.5. The molecule has 0 aliphatic rings. The minimum Gasteiger partial charge on any atom is -0.508 e. The van der Waals surface area contributed by atoms with Crippen LogP contribution in [0.15, 0.2) is 66.7 Å². The lowest BCUT2D eigenvalue weighted by atomic mass is 10.0. The number of benzene rings is 3. The standard InChI is InChI=1S/C21H19NO4/c1-25-18-5-3-4-14(12-18)19-13-15(6-11-20(19)26-2)21(24)22-16-7-9-17(23)10-8-16/h3-13,23H,1-2H3,(H,22,24). The van der Waals surface area contributed by atoms with Crippen molar-refractivity contribution in [3.63, 3.8) is 0 Å². The van der Waals surface area contributed by atoms with Crippen molar-refractivity contribution in [2.45, 2.75) is 0 Å². The lowest BCUT2D eigenvalue weighted by Crippen LogP contribution is -2.12. The van der Waals surface area contributed by atoms with Crippen LogP contribution in [0.3, 0.4) is 0 Å². The largest absolute Gasteiger partial charge is 0.508 e. The van der Waals surface area contributed by atoms with Crippen molar-refractivity contribution in [3.8, 4) is 28.4 Å². The molecular weight excluding hydrogens is 330 g/mol. The molecule has 132 valence electrons. The molecule has 5 heteroatoms. The normalized spacial score (nSPS) is 10.2. The maximum Gasteiger partial charge on any atom is 0.255 e. The molecule has 0 bridgehead atoms. The Kier molecular flexibility index (Phi) is 5.08. The molecule has 0 saturated carbocycles. The number of carbonyl (C=O) groups excluding carboxylic acids is 1. The molecule has 0 aliphatic heterocycles. The molecule has 5 nitrogen and oxygen atoms in total. The predicted molar refractivity (Wildman–Crippen MR) is 101 cm³/mol. The Morgan fingerprint density at radius 2 is 1.69 bits per heavy atom. The van der Waals surface area contributed by atoms with E-state index in [1.807, 2.05) is 24.3 Å². The summed E-state index contributed by atoms with van der Waals surface area (Å²) in [5.41, 5.74) is 2.79. The van der Waals surface area contributed by atoms with Crippen LogP contribution in [0.2, 0.25) is 0 Å². The second-order valence-electron chi connectivity index (χ2n) is 5.65. The fourth-order valence-corrected chi connectivity index (χ4v) is 2.61. The first-order valence-electron chi connectivity index (χ1n) is 8.03. The van der Waals surface area contributed by atoms with E-state index in [2.05, 4.69) is 5.32 Å². The highest BCUT2D eigenvalue weighted by atomic mass is 16.5. The molecule has 1 amide bonds. The summed E-state index contributed by atoms with van der Waals surface area (Å²) < 4.78 is 10.7. The van der Waals surface area contributed by atoms with Gasteiger partial charge >= 0.3 is 0 Å². The molecule has 0 fully saturated rings. The summed E-state index contributed by atoms with van der Waals surface area (Å²) in [5.74, 6) is 1.29. The van der Waals surface area contributed by atoms with E-state index in [0.717, 1.165) is 16.9 Å². The van der Waals surface area contributed by atoms with Gasteiger partial charge in [0.2, 0.25) is 0 Å². The number of nitrogens with one attached hydrogen (secondary N) is 1. The molecule has 0 saturated heterocycles. The first kappa shape index (κ1) is 17.4. The molecule has 0 radical (unpaired) electrons.